The van der Waals surface area contributed by atoms with Gasteiger partial charge in [-0.15, -0.1) is 0 Å². The zero-order valence-corrected chi connectivity index (χ0v) is 13.6. The topological polar surface area (TPSA) is 69.8 Å². The smallest absolute Gasteiger partial charge is 0.230 e. The van der Waals surface area contributed by atoms with Crippen molar-refractivity contribution in [2.75, 3.05) is 37.6 Å². The van der Waals surface area contributed by atoms with E-state index in [1.807, 2.05) is 30.9 Å². The molecule has 122 valence electrons. The molecule has 0 spiro atoms. The highest BCUT2D eigenvalue weighted by molar-refractivity contribution is 5.83. The number of nitrogens with zero attached hydrogens (tertiary/aromatic N) is 2. The van der Waals surface area contributed by atoms with E-state index in [9.17, 15) is 9.90 Å². The molecule has 1 aliphatic rings. The van der Waals surface area contributed by atoms with E-state index in [2.05, 4.69) is 4.90 Å². The van der Waals surface area contributed by atoms with Crippen LogP contribution in [0.3, 0.4) is 0 Å². The van der Waals surface area contributed by atoms with Gasteiger partial charge >= 0.3 is 0 Å². The molecule has 1 amide bonds. The van der Waals surface area contributed by atoms with Crippen molar-refractivity contribution >= 4 is 11.6 Å². The Bertz CT molecular complexity index is 481. The standard InChI is InChI=1S/C17H27N3O2/c1-3-17(4-2,13-18)16(22)20-11-9-19(10-12-20)14-5-7-15(21)8-6-14/h5-8,21H,3-4,9-13,18H2,1-2H3. The number of aromatic hydroxyl groups is 1. The minimum absolute atomic E-state index is 0.199. The Morgan fingerprint density at radius 1 is 1.14 bits per heavy atom. The van der Waals surface area contributed by atoms with Crippen LogP contribution in [-0.4, -0.2) is 48.6 Å². The molecular weight excluding hydrogens is 278 g/mol. The van der Waals surface area contributed by atoms with Gasteiger partial charge in [0.25, 0.3) is 0 Å². The average molecular weight is 305 g/mol. The summed E-state index contributed by atoms with van der Waals surface area (Å²) >= 11 is 0. The first-order valence-electron chi connectivity index (χ1n) is 8.09. The molecule has 5 heteroatoms. The van der Waals surface area contributed by atoms with Crippen molar-refractivity contribution in [1.29, 1.82) is 0 Å². The quantitative estimate of drug-likeness (QED) is 0.870. The first kappa shape index (κ1) is 16.6. The zero-order chi connectivity index (χ0) is 16.2. The molecule has 1 aliphatic heterocycles. The first-order valence-corrected chi connectivity index (χ1v) is 8.09. The number of phenols is 1. The maximum absolute atomic E-state index is 12.8. The van der Waals surface area contributed by atoms with Gasteiger partial charge < -0.3 is 20.6 Å². The minimum atomic E-state index is -0.402. The number of piperazine rings is 1. The van der Waals surface area contributed by atoms with E-state index in [0.717, 1.165) is 44.7 Å². The van der Waals surface area contributed by atoms with Crippen molar-refractivity contribution in [3.8, 4) is 5.75 Å². The Morgan fingerprint density at radius 2 is 1.68 bits per heavy atom. The second-order valence-electron chi connectivity index (χ2n) is 5.99. The fourth-order valence-corrected chi connectivity index (χ4v) is 3.10. The molecule has 22 heavy (non-hydrogen) atoms. The lowest BCUT2D eigenvalue weighted by atomic mass is 9.81. The summed E-state index contributed by atoms with van der Waals surface area (Å²) in [6, 6.07) is 7.21. The van der Waals surface area contributed by atoms with E-state index in [-0.39, 0.29) is 11.7 Å². The highest BCUT2D eigenvalue weighted by Crippen LogP contribution is 2.29. The van der Waals surface area contributed by atoms with E-state index in [4.69, 9.17) is 5.73 Å². The van der Waals surface area contributed by atoms with Crippen molar-refractivity contribution < 1.29 is 9.90 Å². The summed E-state index contributed by atoms with van der Waals surface area (Å²) in [7, 11) is 0. The predicted molar refractivity (Wildman–Crippen MR) is 89.0 cm³/mol. The molecule has 1 heterocycles. The zero-order valence-electron chi connectivity index (χ0n) is 13.6. The fourth-order valence-electron chi connectivity index (χ4n) is 3.10. The van der Waals surface area contributed by atoms with Gasteiger partial charge in [-0.05, 0) is 37.1 Å². The van der Waals surface area contributed by atoms with Crippen LogP contribution in [0.25, 0.3) is 0 Å². The number of benzene rings is 1. The molecule has 1 aromatic carbocycles. The Hall–Kier alpha value is -1.75. The first-order chi connectivity index (χ1) is 10.6. The average Bonchev–Trinajstić information content (AvgIpc) is 2.58. The molecule has 0 unspecified atom stereocenters. The monoisotopic (exact) mass is 305 g/mol. The van der Waals surface area contributed by atoms with Crippen LogP contribution in [0.15, 0.2) is 24.3 Å². The highest BCUT2D eigenvalue weighted by atomic mass is 16.3. The summed E-state index contributed by atoms with van der Waals surface area (Å²) in [4.78, 5) is 17.0. The summed E-state index contributed by atoms with van der Waals surface area (Å²) in [6.45, 7) is 7.57. The Kier molecular flexibility index (Phi) is 5.29. The van der Waals surface area contributed by atoms with Crippen molar-refractivity contribution in [3.05, 3.63) is 24.3 Å². The predicted octanol–water partition coefficient (Wildman–Crippen LogP) is 1.81. The van der Waals surface area contributed by atoms with E-state index < -0.39 is 5.41 Å². The Morgan fingerprint density at radius 3 is 2.14 bits per heavy atom. The maximum Gasteiger partial charge on any atom is 0.230 e. The molecule has 1 aromatic rings. The third-order valence-corrected chi connectivity index (χ3v) is 4.98. The van der Waals surface area contributed by atoms with Crippen LogP contribution >= 0.6 is 0 Å². The SMILES string of the molecule is CCC(CC)(CN)C(=O)N1CCN(c2ccc(O)cc2)CC1. The number of carbonyl (C=O) groups excluding carboxylic acids is 1. The molecule has 0 saturated carbocycles. The van der Waals surface area contributed by atoms with Gasteiger partial charge in [0.05, 0.1) is 5.41 Å². The lowest BCUT2D eigenvalue weighted by Crippen LogP contribution is -2.54. The molecule has 1 saturated heterocycles. The molecule has 0 radical (unpaired) electrons. The number of hydrogen-bond acceptors (Lipinski definition) is 4. The molecule has 0 bridgehead atoms. The van der Waals surface area contributed by atoms with Crippen LogP contribution in [0.4, 0.5) is 5.69 Å². The second kappa shape index (κ2) is 7.01. The van der Waals surface area contributed by atoms with Crippen LogP contribution in [0, 0.1) is 5.41 Å². The normalized spacial score (nSPS) is 16.0. The number of rotatable bonds is 5. The highest BCUT2D eigenvalue weighted by Gasteiger charge is 2.37. The van der Waals surface area contributed by atoms with Crippen LogP contribution in [0.1, 0.15) is 26.7 Å². The Labute approximate surface area is 132 Å². The van der Waals surface area contributed by atoms with E-state index in [0.29, 0.717) is 6.54 Å². The van der Waals surface area contributed by atoms with Crippen molar-refractivity contribution in [2.45, 2.75) is 26.7 Å². The van der Waals surface area contributed by atoms with Gasteiger partial charge in [0.2, 0.25) is 5.91 Å². The van der Waals surface area contributed by atoms with Crippen LogP contribution in [0.5, 0.6) is 5.75 Å². The molecular formula is C17H27N3O2. The minimum Gasteiger partial charge on any atom is -0.508 e. The van der Waals surface area contributed by atoms with Gasteiger partial charge in [0.15, 0.2) is 0 Å². The van der Waals surface area contributed by atoms with E-state index >= 15 is 0 Å². The lowest BCUT2D eigenvalue weighted by molar-refractivity contribution is -0.142. The molecule has 5 nitrogen and oxygen atoms in total. The third-order valence-electron chi connectivity index (χ3n) is 4.98. The number of carbonyl (C=O) groups is 1. The molecule has 0 atom stereocenters. The van der Waals surface area contributed by atoms with Gasteiger partial charge in [-0.3, -0.25) is 4.79 Å². The maximum atomic E-state index is 12.8. The number of nitrogens with two attached hydrogens (primary N) is 1. The van der Waals surface area contributed by atoms with Gasteiger partial charge in [0, 0.05) is 38.4 Å². The summed E-state index contributed by atoms with van der Waals surface area (Å²) in [5, 5.41) is 9.36. The molecule has 0 aliphatic carbocycles. The van der Waals surface area contributed by atoms with Crippen molar-refractivity contribution in [2.24, 2.45) is 11.1 Å². The summed E-state index contributed by atoms with van der Waals surface area (Å²) in [6.07, 6.45) is 1.58. The number of phenolic OH excluding ortho intramolecular Hbond substituents is 1. The van der Waals surface area contributed by atoms with Crippen LogP contribution in [-0.2, 0) is 4.79 Å². The molecule has 2 rings (SSSR count). The molecule has 0 aromatic heterocycles. The molecule has 3 N–H and O–H groups in total. The largest absolute Gasteiger partial charge is 0.508 e. The van der Waals surface area contributed by atoms with Crippen molar-refractivity contribution in [1.82, 2.24) is 4.90 Å². The second-order valence-corrected chi connectivity index (χ2v) is 5.99. The van der Waals surface area contributed by atoms with Gasteiger partial charge in [-0.25, -0.2) is 0 Å². The summed E-state index contributed by atoms with van der Waals surface area (Å²) in [5.41, 5.74) is 6.57. The summed E-state index contributed by atoms with van der Waals surface area (Å²) in [5.74, 6) is 0.474. The summed E-state index contributed by atoms with van der Waals surface area (Å²) < 4.78 is 0. The van der Waals surface area contributed by atoms with Gasteiger partial charge in [0.1, 0.15) is 5.75 Å². The van der Waals surface area contributed by atoms with Gasteiger partial charge in [-0.1, -0.05) is 13.8 Å². The van der Waals surface area contributed by atoms with E-state index in [1.54, 1.807) is 12.1 Å². The fraction of sp³-hybridized carbons (Fsp3) is 0.588. The number of hydrogen-bond donors (Lipinski definition) is 2. The Balaban J connectivity index is 1.99. The van der Waals surface area contributed by atoms with Crippen molar-refractivity contribution in [3.63, 3.8) is 0 Å². The van der Waals surface area contributed by atoms with Crippen LogP contribution < -0.4 is 10.6 Å². The third kappa shape index (κ3) is 3.19. The van der Waals surface area contributed by atoms with Crippen LogP contribution in [0.2, 0.25) is 0 Å². The number of anilines is 1. The number of amides is 1. The van der Waals surface area contributed by atoms with Gasteiger partial charge in [-0.2, -0.15) is 0 Å². The lowest BCUT2D eigenvalue weighted by Gasteiger charge is -2.41. The molecule has 1 fully saturated rings. The van der Waals surface area contributed by atoms with E-state index in [1.165, 1.54) is 0 Å².